The molecule has 242 valence electrons. The smallest absolute Gasteiger partial charge is 0.246 e. The zero-order chi connectivity index (χ0) is 32.6. The number of amides is 3. The summed E-state index contributed by atoms with van der Waals surface area (Å²) >= 11 is 1.39. The molecule has 5 rings (SSSR count). The van der Waals surface area contributed by atoms with Gasteiger partial charge in [-0.25, -0.2) is 4.39 Å². The average molecular weight is 646 g/mol. The van der Waals surface area contributed by atoms with Gasteiger partial charge in [0, 0.05) is 65.6 Å². The summed E-state index contributed by atoms with van der Waals surface area (Å²) in [5, 5.41) is 9.95. The molecule has 1 aromatic heterocycles. The van der Waals surface area contributed by atoms with Crippen LogP contribution in [-0.2, 0) is 33.9 Å². The van der Waals surface area contributed by atoms with Crippen LogP contribution >= 0.6 is 11.8 Å². The van der Waals surface area contributed by atoms with Crippen molar-refractivity contribution in [3.8, 4) is 0 Å². The van der Waals surface area contributed by atoms with Gasteiger partial charge in [0.05, 0.1) is 6.04 Å². The van der Waals surface area contributed by atoms with E-state index in [1.807, 2.05) is 60.8 Å². The number of carbonyl (C=O) groups is 3. The van der Waals surface area contributed by atoms with Crippen LogP contribution in [0.5, 0.6) is 0 Å². The molecule has 0 aliphatic carbocycles. The third-order valence-corrected chi connectivity index (χ3v) is 9.54. The largest absolute Gasteiger partial charge is 0.361 e. The lowest BCUT2D eigenvalue weighted by molar-refractivity contribution is -0.141. The quantitative estimate of drug-likeness (QED) is 0.188. The summed E-state index contributed by atoms with van der Waals surface area (Å²) in [6.45, 7) is 0.441. The van der Waals surface area contributed by atoms with Gasteiger partial charge >= 0.3 is 0 Å². The van der Waals surface area contributed by atoms with Crippen LogP contribution in [0.3, 0.4) is 0 Å². The number of fused-ring (bicyclic) bond motifs is 3. The normalized spacial score (nSPS) is 20.0. The van der Waals surface area contributed by atoms with Crippen LogP contribution in [0, 0.1) is 5.82 Å². The number of nitrogens with two attached hydrogens (primary N) is 2. The Balaban J connectivity index is 1.54. The highest BCUT2D eigenvalue weighted by Crippen LogP contribution is 2.34. The number of hydrogen-bond donors (Lipinski definition) is 6. The first-order chi connectivity index (χ1) is 22.3. The maximum absolute atomic E-state index is 15.2. The van der Waals surface area contributed by atoms with Gasteiger partial charge < -0.3 is 37.3 Å². The molecular weight excluding hydrogens is 605 g/mol. The molecule has 0 radical (unpaired) electrons. The van der Waals surface area contributed by atoms with Gasteiger partial charge in [-0.1, -0.05) is 54.2 Å². The van der Waals surface area contributed by atoms with E-state index in [2.05, 4.69) is 20.9 Å². The molecule has 2 heterocycles. The summed E-state index contributed by atoms with van der Waals surface area (Å²) in [7, 11) is 1.55. The van der Waals surface area contributed by atoms with Crippen molar-refractivity contribution < 1.29 is 18.8 Å². The van der Waals surface area contributed by atoms with Crippen molar-refractivity contribution in [2.75, 3.05) is 20.1 Å². The Kier molecular flexibility index (Phi) is 11.1. The number of nitrogens with zero attached hydrogens (tertiary/aromatic N) is 1. The molecule has 0 unspecified atom stereocenters. The molecule has 0 saturated heterocycles. The summed E-state index contributed by atoms with van der Waals surface area (Å²) in [5.74, 6) is -1.72. The Morgan fingerprint density at radius 3 is 2.48 bits per heavy atom. The fraction of sp³-hybridized carbons (Fsp3) is 0.324. The van der Waals surface area contributed by atoms with Gasteiger partial charge in [0.1, 0.15) is 17.9 Å². The van der Waals surface area contributed by atoms with Crippen molar-refractivity contribution in [3.05, 3.63) is 95.4 Å². The Hall–Kier alpha value is -4.23. The molecule has 0 spiro atoms. The second-order valence-corrected chi connectivity index (χ2v) is 12.4. The number of likely N-dealkylation sites (N-methyl/N-ethyl adjacent to an activating group) is 1. The van der Waals surface area contributed by atoms with Crippen LogP contribution < -0.4 is 27.4 Å². The van der Waals surface area contributed by atoms with E-state index in [-0.39, 0.29) is 32.0 Å². The highest BCUT2D eigenvalue weighted by Gasteiger charge is 2.33. The Labute approximate surface area is 271 Å². The Morgan fingerprint density at radius 2 is 1.67 bits per heavy atom. The molecule has 4 aromatic rings. The molecule has 3 atom stereocenters. The zero-order valence-electron chi connectivity index (χ0n) is 25.7. The van der Waals surface area contributed by atoms with Crippen LogP contribution in [0.4, 0.5) is 4.39 Å². The molecule has 8 N–H and O–H groups in total. The lowest BCUT2D eigenvalue weighted by Gasteiger charge is -2.31. The van der Waals surface area contributed by atoms with Crippen LogP contribution in [-0.4, -0.2) is 65.9 Å². The van der Waals surface area contributed by atoms with Crippen molar-refractivity contribution in [1.29, 1.82) is 0 Å². The van der Waals surface area contributed by atoms with E-state index < -0.39 is 35.8 Å². The Morgan fingerprint density at radius 1 is 0.913 bits per heavy atom. The van der Waals surface area contributed by atoms with Crippen molar-refractivity contribution in [3.63, 3.8) is 0 Å². The van der Waals surface area contributed by atoms with Gasteiger partial charge in [-0.3, -0.25) is 14.4 Å². The third kappa shape index (κ3) is 7.59. The van der Waals surface area contributed by atoms with E-state index in [1.165, 1.54) is 22.7 Å². The number of carbonyl (C=O) groups excluding carboxylic acids is 3. The van der Waals surface area contributed by atoms with Crippen LogP contribution in [0.1, 0.15) is 29.5 Å². The van der Waals surface area contributed by atoms with Gasteiger partial charge in [-0.2, -0.15) is 0 Å². The molecule has 3 aromatic carbocycles. The summed E-state index contributed by atoms with van der Waals surface area (Å²) in [6, 6.07) is 17.5. The van der Waals surface area contributed by atoms with E-state index in [1.54, 1.807) is 13.1 Å². The van der Waals surface area contributed by atoms with E-state index >= 15 is 4.39 Å². The number of aromatic amines is 1. The van der Waals surface area contributed by atoms with Gasteiger partial charge in [0.15, 0.2) is 0 Å². The zero-order valence-corrected chi connectivity index (χ0v) is 26.5. The highest BCUT2D eigenvalue weighted by molar-refractivity contribution is 7.99. The summed E-state index contributed by atoms with van der Waals surface area (Å²) in [5.41, 5.74) is 14.8. The number of aromatic nitrogens is 1. The predicted octanol–water partition coefficient (Wildman–Crippen LogP) is 2.80. The lowest BCUT2D eigenvalue weighted by Crippen LogP contribution is -2.59. The molecule has 46 heavy (non-hydrogen) atoms. The van der Waals surface area contributed by atoms with E-state index in [0.29, 0.717) is 29.8 Å². The first kappa shape index (κ1) is 33.1. The van der Waals surface area contributed by atoms with Crippen LogP contribution in [0.2, 0.25) is 0 Å². The minimum Gasteiger partial charge on any atom is -0.361 e. The molecule has 3 amide bonds. The number of halogens is 1. The third-order valence-electron chi connectivity index (χ3n) is 8.32. The number of hydrogen-bond acceptors (Lipinski definition) is 7. The first-order valence-corrected chi connectivity index (χ1v) is 16.2. The maximum atomic E-state index is 15.2. The summed E-state index contributed by atoms with van der Waals surface area (Å²) in [6.07, 6.45) is 2.98. The summed E-state index contributed by atoms with van der Waals surface area (Å²) < 4.78 is 15.2. The fourth-order valence-electron chi connectivity index (χ4n) is 5.65. The molecule has 1 aliphatic heterocycles. The minimum absolute atomic E-state index is 0.0738. The van der Waals surface area contributed by atoms with Gasteiger partial charge in [0.2, 0.25) is 17.7 Å². The fourth-order valence-corrected chi connectivity index (χ4v) is 6.75. The molecule has 0 fully saturated rings. The number of nitrogens with one attached hydrogen (secondary N) is 4. The maximum Gasteiger partial charge on any atom is 0.246 e. The van der Waals surface area contributed by atoms with Gasteiger partial charge in [0.25, 0.3) is 0 Å². The van der Waals surface area contributed by atoms with Crippen molar-refractivity contribution in [1.82, 2.24) is 25.8 Å². The molecule has 10 nitrogen and oxygen atoms in total. The molecule has 0 bridgehead atoms. The van der Waals surface area contributed by atoms with E-state index in [0.717, 1.165) is 26.9 Å². The number of H-pyrrole nitrogens is 1. The standard InChI is InChI=1S/C34H40FN7O3S/c1-42-29(16-22-19-38-26-11-4-3-9-23(22)26)33(44)40-18-21-8-2-5-13-30(21)46-31-14-6-10-25(35)24(31)20-39-27(12-7-15-36)32(43)41-28(17-37)34(42)45/h2-6,8-11,13-14,19,27-29,38-39H,7,12,15-18,20,36-37H2,1H3,(H,40,44)(H,41,43)/t27-,28-,29-/m0/s1. The first-order valence-electron chi connectivity index (χ1n) is 15.4. The Bertz CT molecular complexity index is 1700. The lowest BCUT2D eigenvalue weighted by atomic mass is 10.0. The number of benzene rings is 3. The molecular formula is C34H40FN7O3S. The SMILES string of the molecule is CN1C(=O)[C@H](CN)NC(=O)[C@H](CCCN)NCc2c(F)cccc2Sc2ccccc2CNC(=O)[C@@H]1Cc1c[nH]c2ccccc12. The predicted molar refractivity (Wildman–Crippen MR) is 177 cm³/mol. The van der Waals surface area contributed by atoms with Gasteiger partial charge in [-0.15, -0.1) is 0 Å². The van der Waals surface area contributed by atoms with Crippen LogP contribution in [0.25, 0.3) is 10.9 Å². The summed E-state index contributed by atoms with van der Waals surface area (Å²) in [4.78, 5) is 47.5. The number of para-hydroxylation sites is 1. The second-order valence-electron chi connectivity index (χ2n) is 11.3. The average Bonchev–Trinajstić information content (AvgIpc) is 3.48. The van der Waals surface area contributed by atoms with E-state index in [9.17, 15) is 14.4 Å². The molecule has 12 heteroatoms. The van der Waals surface area contributed by atoms with Crippen LogP contribution in [0.15, 0.2) is 82.7 Å². The minimum atomic E-state index is -1.09. The second kappa shape index (κ2) is 15.4. The van der Waals surface area contributed by atoms with Crippen molar-refractivity contribution >= 4 is 40.4 Å². The molecule has 1 aliphatic rings. The topological polar surface area (TPSA) is 158 Å². The number of rotatable bonds is 6. The van der Waals surface area contributed by atoms with E-state index in [4.69, 9.17) is 11.5 Å². The highest BCUT2D eigenvalue weighted by atomic mass is 32.2. The van der Waals surface area contributed by atoms with Crippen molar-refractivity contribution in [2.45, 2.75) is 60.3 Å². The van der Waals surface area contributed by atoms with Gasteiger partial charge in [-0.05, 0) is 54.8 Å². The molecule has 0 saturated carbocycles. The van der Waals surface area contributed by atoms with Crippen molar-refractivity contribution in [2.24, 2.45) is 11.5 Å². The monoisotopic (exact) mass is 645 g/mol.